The minimum Gasteiger partial charge on any atom is -0.496 e. The van der Waals surface area contributed by atoms with Crippen LogP contribution in [0.15, 0.2) is 12.1 Å². The summed E-state index contributed by atoms with van der Waals surface area (Å²) >= 11 is 2.89. The van der Waals surface area contributed by atoms with Gasteiger partial charge in [-0.1, -0.05) is 19.9 Å². The summed E-state index contributed by atoms with van der Waals surface area (Å²) in [6.07, 6.45) is 0. The zero-order valence-electron chi connectivity index (χ0n) is 11.6. The molecule has 1 rings (SSSR count). The molecule has 1 N–H and O–H groups in total. The second kappa shape index (κ2) is 5.74. The molecule has 0 aliphatic carbocycles. The van der Waals surface area contributed by atoms with Gasteiger partial charge in [0.05, 0.1) is 7.11 Å². The highest BCUT2D eigenvalue weighted by Gasteiger charge is 2.24. The van der Waals surface area contributed by atoms with Gasteiger partial charge in [0.1, 0.15) is 5.75 Å². The van der Waals surface area contributed by atoms with Gasteiger partial charge in [0.15, 0.2) is 0 Å². The Labute approximate surface area is 117 Å². The molecule has 0 radical (unpaired) electrons. The van der Waals surface area contributed by atoms with E-state index in [1.807, 2.05) is 6.07 Å². The molecule has 0 unspecified atom stereocenters. The number of halogens is 1. The first-order chi connectivity index (χ1) is 8.29. The van der Waals surface area contributed by atoms with Crippen LogP contribution >= 0.6 is 15.9 Å². The van der Waals surface area contributed by atoms with E-state index in [1.165, 1.54) is 11.1 Å². The molecular formula is C14H20BrNO2. The number of carbonyl (C=O) groups is 1. The molecule has 0 atom stereocenters. The summed E-state index contributed by atoms with van der Waals surface area (Å²) in [7, 11) is 1.68. The van der Waals surface area contributed by atoms with E-state index in [0.29, 0.717) is 6.54 Å². The van der Waals surface area contributed by atoms with Crippen LogP contribution in [0.5, 0.6) is 5.75 Å². The lowest BCUT2D eigenvalue weighted by atomic mass is 9.80. The number of ether oxygens (including phenoxy) is 1. The zero-order valence-corrected chi connectivity index (χ0v) is 13.1. The molecule has 0 aliphatic heterocycles. The van der Waals surface area contributed by atoms with Crippen molar-refractivity contribution < 1.29 is 9.53 Å². The molecule has 1 amide bonds. The van der Waals surface area contributed by atoms with Crippen LogP contribution in [0.1, 0.15) is 30.5 Å². The predicted octanol–water partition coefficient (Wildman–Crippen LogP) is 3.69. The van der Waals surface area contributed by atoms with Crippen LogP contribution in [-0.4, -0.2) is 18.5 Å². The molecule has 0 spiro atoms. The topological polar surface area (TPSA) is 38.3 Å². The van der Waals surface area contributed by atoms with Gasteiger partial charge in [-0.2, -0.15) is 0 Å². The Morgan fingerprint density at radius 1 is 1.33 bits per heavy atom. The van der Waals surface area contributed by atoms with Gasteiger partial charge in [-0.05, 0) is 36.6 Å². The maximum atomic E-state index is 11.0. The summed E-state index contributed by atoms with van der Waals surface area (Å²) in [4.78, 5) is 10.8. The van der Waals surface area contributed by atoms with Gasteiger partial charge in [0.25, 0.3) is 4.82 Å². The average Bonchev–Trinajstić information content (AvgIpc) is 2.30. The van der Waals surface area contributed by atoms with Crippen molar-refractivity contribution >= 4 is 20.7 Å². The third-order valence-corrected chi connectivity index (χ3v) is 3.64. The number of carbonyl (C=O) groups excluding carboxylic acids is 1. The standard InChI is InChI=1S/C14H20BrNO2/c1-9-10(2)12(18-5)7-6-11(9)14(3,4)8-16-13(15)17/h6-7H,8H2,1-5H3,(H,16,17). The number of hydrogen-bond acceptors (Lipinski definition) is 2. The molecule has 0 aromatic heterocycles. The van der Waals surface area contributed by atoms with Gasteiger partial charge in [-0.3, -0.25) is 4.79 Å². The predicted molar refractivity (Wildman–Crippen MR) is 77.8 cm³/mol. The lowest BCUT2D eigenvalue weighted by Gasteiger charge is -2.28. The Kier molecular flexibility index (Phi) is 4.79. The Morgan fingerprint density at radius 2 is 1.94 bits per heavy atom. The summed E-state index contributed by atoms with van der Waals surface area (Å²) in [6, 6.07) is 4.05. The maximum Gasteiger partial charge on any atom is 0.287 e. The van der Waals surface area contributed by atoms with Gasteiger partial charge in [-0.25, -0.2) is 0 Å². The first kappa shape index (κ1) is 15.0. The van der Waals surface area contributed by atoms with Crippen molar-refractivity contribution in [3.05, 3.63) is 28.8 Å². The van der Waals surface area contributed by atoms with E-state index in [1.54, 1.807) is 7.11 Å². The molecular weight excluding hydrogens is 294 g/mol. The molecule has 0 heterocycles. The zero-order chi connectivity index (χ0) is 13.9. The molecule has 0 fully saturated rings. The van der Waals surface area contributed by atoms with Crippen LogP contribution in [0.3, 0.4) is 0 Å². The highest BCUT2D eigenvalue weighted by atomic mass is 79.9. The van der Waals surface area contributed by atoms with E-state index in [9.17, 15) is 4.79 Å². The minimum atomic E-state index is -0.182. The summed E-state index contributed by atoms with van der Waals surface area (Å²) in [5.41, 5.74) is 3.46. The molecule has 100 valence electrons. The third kappa shape index (κ3) is 3.25. The molecule has 18 heavy (non-hydrogen) atoms. The molecule has 0 saturated carbocycles. The van der Waals surface area contributed by atoms with E-state index >= 15 is 0 Å². The number of nitrogens with one attached hydrogen (secondary N) is 1. The average molecular weight is 314 g/mol. The lowest BCUT2D eigenvalue weighted by molar-refractivity contribution is 0.259. The molecule has 1 aromatic carbocycles. The van der Waals surface area contributed by atoms with Crippen LogP contribution < -0.4 is 10.1 Å². The van der Waals surface area contributed by atoms with E-state index in [4.69, 9.17) is 4.74 Å². The smallest absolute Gasteiger partial charge is 0.287 e. The Bertz CT molecular complexity index is 455. The van der Waals surface area contributed by atoms with Crippen molar-refractivity contribution in [2.75, 3.05) is 13.7 Å². The third-order valence-electron chi connectivity index (χ3n) is 3.36. The second-order valence-corrected chi connectivity index (χ2v) is 5.80. The first-order valence-electron chi connectivity index (χ1n) is 5.87. The second-order valence-electron chi connectivity index (χ2n) is 5.08. The Morgan fingerprint density at radius 3 is 2.44 bits per heavy atom. The van der Waals surface area contributed by atoms with Crippen molar-refractivity contribution in [1.29, 1.82) is 0 Å². The summed E-state index contributed by atoms with van der Waals surface area (Å²) in [5, 5.41) is 2.81. The number of hydrogen-bond donors (Lipinski definition) is 1. The van der Waals surface area contributed by atoms with E-state index in [0.717, 1.165) is 11.3 Å². The van der Waals surface area contributed by atoms with Crippen molar-refractivity contribution in [3.63, 3.8) is 0 Å². The highest BCUT2D eigenvalue weighted by Crippen LogP contribution is 2.31. The fraction of sp³-hybridized carbons (Fsp3) is 0.500. The van der Waals surface area contributed by atoms with Crippen LogP contribution in [-0.2, 0) is 5.41 Å². The summed E-state index contributed by atoms with van der Waals surface area (Å²) in [6.45, 7) is 8.96. The van der Waals surface area contributed by atoms with E-state index in [2.05, 4.69) is 55.0 Å². The molecule has 0 bridgehead atoms. The number of methoxy groups -OCH3 is 1. The van der Waals surface area contributed by atoms with E-state index < -0.39 is 0 Å². The quantitative estimate of drug-likeness (QED) is 0.680. The van der Waals surface area contributed by atoms with Crippen LogP contribution in [0, 0.1) is 13.8 Å². The first-order valence-corrected chi connectivity index (χ1v) is 6.67. The van der Waals surface area contributed by atoms with Crippen molar-refractivity contribution in [1.82, 2.24) is 5.32 Å². The van der Waals surface area contributed by atoms with Gasteiger partial charge < -0.3 is 10.1 Å². The number of benzene rings is 1. The van der Waals surface area contributed by atoms with Crippen molar-refractivity contribution in [2.24, 2.45) is 0 Å². The molecule has 0 aliphatic rings. The minimum absolute atomic E-state index is 0.120. The van der Waals surface area contributed by atoms with Crippen molar-refractivity contribution in [3.8, 4) is 5.75 Å². The highest BCUT2D eigenvalue weighted by molar-refractivity contribution is 9.18. The molecule has 0 saturated heterocycles. The molecule has 4 heteroatoms. The monoisotopic (exact) mass is 313 g/mol. The van der Waals surface area contributed by atoms with Crippen molar-refractivity contribution in [2.45, 2.75) is 33.1 Å². The number of amides is 1. The summed E-state index contributed by atoms with van der Waals surface area (Å²) < 4.78 is 5.31. The van der Waals surface area contributed by atoms with Crippen LogP contribution in [0.4, 0.5) is 4.79 Å². The Balaban J connectivity index is 3.09. The number of rotatable bonds is 4. The fourth-order valence-corrected chi connectivity index (χ4v) is 2.28. The molecule has 1 aromatic rings. The fourth-order valence-electron chi connectivity index (χ4n) is 2.14. The normalized spacial score (nSPS) is 11.2. The SMILES string of the molecule is COc1ccc(C(C)(C)CNC(=O)Br)c(C)c1C. The van der Waals surface area contributed by atoms with Gasteiger partial charge in [-0.15, -0.1) is 0 Å². The Hall–Kier alpha value is -1.03. The maximum absolute atomic E-state index is 11.0. The largest absolute Gasteiger partial charge is 0.496 e. The van der Waals surface area contributed by atoms with Gasteiger partial charge in [0.2, 0.25) is 0 Å². The van der Waals surface area contributed by atoms with Crippen LogP contribution in [0.2, 0.25) is 0 Å². The molecule has 3 nitrogen and oxygen atoms in total. The summed E-state index contributed by atoms with van der Waals surface area (Å²) in [5.74, 6) is 0.900. The van der Waals surface area contributed by atoms with Gasteiger partial charge >= 0.3 is 0 Å². The van der Waals surface area contributed by atoms with Gasteiger partial charge in [0, 0.05) is 27.9 Å². The lowest BCUT2D eigenvalue weighted by Crippen LogP contribution is -2.34. The van der Waals surface area contributed by atoms with E-state index in [-0.39, 0.29) is 10.2 Å². The van der Waals surface area contributed by atoms with Crippen LogP contribution in [0.25, 0.3) is 0 Å².